The molecule has 0 bridgehead atoms. The monoisotopic (exact) mass is 384 g/mol. The number of amides is 1. The maximum atomic E-state index is 13.8. The molecule has 0 aliphatic carbocycles. The molecule has 1 heterocycles. The van der Waals surface area contributed by atoms with Crippen molar-refractivity contribution in [2.45, 2.75) is 63.3 Å². The molecule has 0 saturated carbocycles. The van der Waals surface area contributed by atoms with Gasteiger partial charge in [0, 0.05) is 25.6 Å². The standard InChI is InChI=1S/C19H29FN2O3S/c1-3-16(4-2)21-19(23)10-9-15-11-13-22(14-12-15)26(24,25)18-8-6-5-7-17(18)20/h5-8,15-16H,3-4,9-14H2,1-2H3,(H,21,23). The van der Waals surface area contributed by atoms with Crippen LogP contribution in [0.1, 0.15) is 52.4 Å². The van der Waals surface area contributed by atoms with E-state index in [2.05, 4.69) is 19.2 Å². The fraction of sp³-hybridized carbons (Fsp3) is 0.632. The van der Waals surface area contributed by atoms with E-state index < -0.39 is 15.8 Å². The van der Waals surface area contributed by atoms with Gasteiger partial charge in [0.2, 0.25) is 15.9 Å². The molecule has 0 spiro atoms. The third-order valence-electron chi connectivity index (χ3n) is 5.16. The minimum Gasteiger partial charge on any atom is -0.353 e. The molecule has 1 N–H and O–H groups in total. The predicted molar refractivity (Wildman–Crippen MR) is 99.6 cm³/mol. The number of hydrogen-bond acceptors (Lipinski definition) is 3. The summed E-state index contributed by atoms with van der Waals surface area (Å²) in [6.45, 7) is 4.85. The van der Waals surface area contributed by atoms with Gasteiger partial charge in [0.25, 0.3) is 0 Å². The van der Waals surface area contributed by atoms with Crippen LogP contribution in [-0.4, -0.2) is 37.8 Å². The molecule has 1 aromatic carbocycles. The van der Waals surface area contributed by atoms with Crippen LogP contribution in [0.2, 0.25) is 0 Å². The third-order valence-corrected chi connectivity index (χ3v) is 7.09. The van der Waals surface area contributed by atoms with Crippen molar-refractivity contribution in [3.8, 4) is 0 Å². The number of hydrogen-bond donors (Lipinski definition) is 1. The first-order chi connectivity index (χ1) is 12.4. The van der Waals surface area contributed by atoms with Crippen LogP contribution >= 0.6 is 0 Å². The van der Waals surface area contributed by atoms with Crippen molar-refractivity contribution in [1.82, 2.24) is 9.62 Å². The van der Waals surface area contributed by atoms with Crippen LogP contribution in [0.25, 0.3) is 0 Å². The van der Waals surface area contributed by atoms with E-state index in [9.17, 15) is 17.6 Å². The van der Waals surface area contributed by atoms with Crippen LogP contribution in [0, 0.1) is 11.7 Å². The first-order valence-corrected chi connectivity index (χ1v) is 10.9. The van der Waals surface area contributed by atoms with Crippen molar-refractivity contribution < 1.29 is 17.6 Å². The summed E-state index contributed by atoms with van der Waals surface area (Å²) in [5.74, 6) is -0.317. The minimum atomic E-state index is -3.79. The smallest absolute Gasteiger partial charge is 0.245 e. The Balaban J connectivity index is 1.84. The number of nitrogens with zero attached hydrogens (tertiary/aromatic N) is 1. The van der Waals surface area contributed by atoms with Gasteiger partial charge in [0.15, 0.2) is 0 Å². The zero-order chi connectivity index (χ0) is 19.2. The van der Waals surface area contributed by atoms with Crippen LogP contribution < -0.4 is 5.32 Å². The Hall–Kier alpha value is -1.47. The molecule has 1 saturated heterocycles. The topological polar surface area (TPSA) is 66.5 Å². The number of rotatable bonds is 8. The maximum absolute atomic E-state index is 13.8. The van der Waals surface area contributed by atoms with E-state index in [0.29, 0.717) is 38.3 Å². The lowest BCUT2D eigenvalue weighted by Crippen LogP contribution is -2.39. The summed E-state index contributed by atoms with van der Waals surface area (Å²) < 4.78 is 40.4. The summed E-state index contributed by atoms with van der Waals surface area (Å²) in [4.78, 5) is 11.7. The summed E-state index contributed by atoms with van der Waals surface area (Å²) >= 11 is 0. The van der Waals surface area contributed by atoms with Gasteiger partial charge >= 0.3 is 0 Å². The fourth-order valence-electron chi connectivity index (χ4n) is 3.36. The summed E-state index contributed by atoms with van der Waals surface area (Å²) in [5.41, 5.74) is 0. The van der Waals surface area contributed by atoms with Crippen LogP contribution in [-0.2, 0) is 14.8 Å². The Morgan fingerprint density at radius 2 is 1.85 bits per heavy atom. The number of benzene rings is 1. The van der Waals surface area contributed by atoms with Gasteiger partial charge in [-0.25, -0.2) is 12.8 Å². The summed E-state index contributed by atoms with van der Waals surface area (Å²) in [7, 11) is -3.79. The van der Waals surface area contributed by atoms with Gasteiger partial charge in [0.1, 0.15) is 10.7 Å². The fourth-order valence-corrected chi connectivity index (χ4v) is 4.89. The van der Waals surface area contributed by atoms with E-state index in [4.69, 9.17) is 0 Å². The average molecular weight is 385 g/mol. The van der Waals surface area contributed by atoms with Gasteiger partial charge in [-0.15, -0.1) is 0 Å². The van der Waals surface area contributed by atoms with Crippen molar-refractivity contribution in [1.29, 1.82) is 0 Å². The van der Waals surface area contributed by atoms with Crippen molar-refractivity contribution in [2.75, 3.05) is 13.1 Å². The lowest BCUT2D eigenvalue weighted by atomic mass is 9.93. The van der Waals surface area contributed by atoms with E-state index in [-0.39, 0.29) is 16.8 Å². The Morgan fingerprint density at radius 3 is 2.42 bits per heavy atom. The number of carbonyl (C=O) groups is 1. The van der Waals surface area contributed by atoms with E-state index in [0.717, 1.165) is 25.3 Å². The Kier molecular flexibility index (Phi) is 7.58. The molecule has 7 heteroatoms. The molecular weight excluding hydrogens is 355 g/mol. The van der Waals surface area contributed by atoms with Crippen molar-refractivity contribution in [2.24, 2.45) is 5.92 Å². The van der Waals surface area contributed by atoms with Gasteiger partial charge in [-0.1, -0.05) is 26.0 Å². The van der Waals surface area contributed by atoms with Gasteiger partial charge in [-0.05, 0) is 50.2 Å². The Labute approximate surface area is 156 Å². The molecule has 1 amide bonds. The van der Waals surface area contributed by atoms with Gasteiger partial charge < -0.3 is 5.32 Å². The highest BCUT2D eigenvalue weighted by molar-refractivity contribution is 7.89. The zero-order valence-electron chi connectivity index (χ0n) is 15.6. The normalized spacial score (nSPS) is 16.8. The summed E-state index contributed by atoms with van der Waals surface area (Å²) in [5, 5.41) is 3.03. The highest BCUT2D eigenvalue weighted by Gasteiger charge is 2.31. The lowest BCUT2D eigenvalue weighted by molar-refractivity contribution is -0.122. The van der Waals surface area contributed by atoms with Crippen LogP contribution in [0.5, 0.6) is 0 Å². The SMILES string of the molecule is CCC(CC)NC(=O)CCC1CCN(S(=O)(=O)c2ccccc2F)CC1. The zero-order valence-corrected chi connectivity index (χ0v) is 16.4. The molecule has 5 nitrogen and oxygen atoms in total. The molecule has 0 unspecified atom stereocenters. The van der Waals surface area contributed by atoms with Gasteiger partial charge in [0.05, 0.1) is 0 Å². The quantitative estimate of drug-likeness (QED) is 0.748. The minimum absolute atomic E-state index is 0.0695. The van der Waals surface area contributed by atoms with Crippen molar-refractivity contribution in [3.63, 3.8) is 0 Å². The first-order valence-electron chi connectivity index (χ1n) is 9.42. The molecule has 1 aromatic rings. The molecule has 146 valence electrons. The molecule has 26 heavy (non-hydrogen) atoms. The average Bonchev–Trinajstić information content (AvgIpc) is 2.65. The highest BCUT2D eigenvalue weighted by atomic mass is 32.2. The number of nitrogens with one attached hydrogen (secondary N) is 1. The van der Waals surface area contributed by atoms with E-state index in [1.54, 1.807) is 0 Å². The van der Waals surface area contributed by atoms with Crippen LogP contribution in [0.3, 0.4) is 0 Å². The maximum Gasteiger partial charge on any atom is 0.245 e. The lowest BCUT2D eigenvalue weighted by Gasteiger charge is -2.31. The number of halogens is 1. The van der Waals surface area contributed by atoms with Crippen molar-refractivity contribution >= 4 is 15.9 Å². The third kappa shape index (κ3) is 5.27. The highest BCUT2D eigenvalue weighted by Crippen LogP contribution is 2.27. The molecule has 1 fully saturated rings. The van der Waals surface area contributed by atoms with Crippen molar-refractivity contribution in [3.05, 3.63) is 30.1 Å². The van der Waals surface area contributed by atoms with Crippen LogP contribution in [0.15, 0.2) is 29.2 Å². The second-order valence-electron chi connectivity index (χ2n) is 6.90. The second kappa shape index (κ2) is 9.46. The van der Waals surface area contributed by atoms with Gasteiger partial charge in [-0.3, -0.25) is 4.79 Å². The van der Waals surface area contributed by atoms with E-state index in [1.807, 2.05) is 0 Å². The molecule has 1 aliphatic heterocycles. The summed E-state index contributed by atoms with van der Waals surface area (Å²) in [6.07, 6.45) is 4.49. The Bertz CT molecular complexity index is 696. The number of carbonyl (C=O) groups excluding carboxylic acids is 1. The molecule has 0 atom stereocenters. The van der Waals surface area contributed by atoms with E-state index >= 15 is 0 Å². The Morgan fingerprint density at radius 1 is 1.23 bits per heavy atom. The largest absolute Gasteiger partial charge is 0.353 e. The number of piperidine rings is 1. The van der Waals surface area contributed by atoms with Gasteiger partial charge in [-0.2, -0.15) is 4.31 Å². The molecule has 1 aliphatic rings. The van der Waals surface area contributed by atoms with Crippen LogP contribution in [0.4, 0.5) is 4.39 Å². The summed E-state index contributed by atoms with van der Waals surface area (Å²) in [6, 6.07) is 5.71. The second-order valence-corrected chi connectivity index (χ2v) is 8.80. The number of sulfonamides is 1. The first kappa shape index (κ1) is 20.8. The molecule has 2 rings (SSSR count). The van der Waals surface area contributed by atoms with E-state index in [1.165, 1.54) is 22.5 Å². The molecule has 0 aromatic heterocycles. The molecule has 0 radical (unpaired) electrons. The molecular formula is C19H29FN2O3S. The predicted octanol–water partition coefficient (Wildman–Crippen LogP) is 3.31.